The van der Waals surface area contributed by atoms with Crippen molar-refractivity contribution in [2.75, 3.05) is 6.61 Å². The van der Waals surface area contributed by atoms with Gasteiger partial charge in [0.1, 0.15) is 0 Å². The van der Waals surface area contributed by atoms with Crippen LogP contribution < -0.4 is 0 Å². The van der Waals surface area contributed by atoms with Crippen LogP contribution in [0.25, 0.3) is 11.0 Å². The fourth-order valence-corrected chi connectivity index (χ4v) is 4.63. The molecule has 2 aliphatic heterocycles. The summed E-state index contributed by atoms with van der Waals surface area (Å²) in [5.74, 6) is 0. The first-order valence-corrected chi connectivity index (χ1v) is 10.1. The Labute approximate surface area is 143 Å². The normalized spacial score (nSPS) is 34.4. The van der Waals surface area contributed by atoms with E-state index in [2.05, 4.69) is 4.98 Å². The van der Waals surface area contributed by atoms with E-state index in [1.165, 1.54) is 7.57 Å². The molecule has 2 fully saturated rings. The number of aliphatic hydroxyl groups excluding tert-OH is 1. The zero-order valence-corrected chi connectivity index (χ0v) is 14.5. The van der Waals surface area contributed by atoms with Gasteiger partial charge in [0.15, 0.2) is 0 Å². The minimum atomic E-state index is -3.21. The van der Waals surface area contributed by atoms with Crippen molar-refractivity contribution in [2.24, 2.45) is 0 Å². The molecular weight excluding hydrogens is 365 g/mol. The van der Waals surface area contributed by atoms with Gasteiger partial charge in [-0.3, -0.25) is 0 Å². The number of halogens is 2. The summed E-state index contributed by atoms with van der Waals surface area (Å²) in [7, 11) is -1.69. The number of benzene rings is 1. The quantitative estimate of drug-likeness (QED) is 0.570. The van der Waals surface area contributed by atoms with Crippen LogP contribution in [0.5, 0.6) is 0 Å². The summed E-state index contributed by atoms with van der Waals surface area (Å²) in [5, 5.41) is 11.4. The second-order valence-corrected chi connectivity index (χ2v) is 8.89. The van der Waals surface area contributed by atoms with Crippen LogP contribution in [0.3, 0.4) is 0 Å². The number of imidazole rings is 1. The molecular formula is C12H14BCl2N2O5P. The molecule has 0 spiro atoms. The Bertz CT molecular complexity index is 775. The fourth-order valence-electron chi connectivity index (χ4n) is 2.98. The molecule has 1 unspecified atom stereocenters. The molecule has 0 aliphatic carbocycles. The second kappa shape index (κ2) is 5.54. The third-order valence-electron chi connectivity index (χ3n) is 4.07. The average Bonchev–Trinajstić information content (AvgIpc) is 3.01. The Morgan fingerprint density at radius 2 is 2.09 bits per heavy atom. The molecule has 7 nitrogen and oxygen atoms in total. The predicted octanol–water partition coefficient (Wildman–Crippen LogP) is 1.05. The number of rotatable bonds is 1. The van der Waals surface area contributed by atoms with E-state index in [4.69, 9.17) is 37.0 Å². The van der Waals surface area contributed by atoms with Crippen molar-refractivity contribution in [1.82, 2.24) is 9.55 Å². The summed E-state index contributed by atoms with van der Waals surface area (Å²) >= 11 is 12.1. The first kappa shape index (κ1) is 16.1. The number of aliphatic hydroxyl groups is 1. The van der Waals surface area contributed by atoms with E-state index in [-0.39, 0.29) is 6.61 Å². The Morgan fingerprint density at radius 1 is 1.35 bits per heavy atom. The van der Waals surface area contributed by atoms with Crippen molar-refractivity contribution in [2.45, 2.75) is 24.5 Å². The summed E-state index contributed by atoms with van der Waals surface area (Å²) in [6.45, 7) is 0.177. The molecule has 1 aromatic heterocycles. The summed E-state index contributed by atoms with van der Waals surface area (Å²) in [6, 6.07) is 3.33. The average molecular weight is 379 g/mol. The monoisotopic (exact) mass is 378 g/mol. The topological polar surface area (TPSA) is 86.0 Å². The number of fused-ring (bicyclic) bond motifs is 2. The van der Waals surface area contributed by atoms with Gasteiger partial charge < -0.3 is 0 Å². The molecule has 23 heavy (non-hydrogen) atoms. The summed E-state index contributed by atoms with van der Waals surface area (Å²) < 4.78 is 18.3. The first-order chi connectivity index (χ1) is 10.9. The van der Waals surface area contributed by atoms with Crippen LogP contribution in [0.2, 0.25) is 10.0 Å². The molecule has 11 heteroatoms. The van der Waals surface area contributed by atoms with Crippen molar-refractivity contribution in [3.63, 3.8) is 0 Å². The van der Waals surface area contributed by atoms with Crippen LogP contribution in [0.4, 0.5) is 0 Å². The van der Waals surface area contributed by atoms with Gasteiger partial charge in [0.2, 0.25) is 0 Å². The second-order valence-electron chi connectivity index (χ2n) is 5.75. The number of nitrogens with zero attached hydrogens (tertiary/aromatic N) is 2. The van der Waals surface area contributed by atoms with Gasteiger partial charge in [-0.25, -0.2) is 0 Å². The maximum atomic E-state index is 10.6. The van der Waals surface area contributed by atoms with Crippen LogP contribution in [-0.2, 0) is 13.8 Å². The van der Waals surface area contributed by atoms with E-state index < -0.39 is 32.4 Å². The van der Waals surface area contributed by atoms with Gasteiger partial charge in [-0.2, -0.15) is 0 Å². The predicted molar refractivity (Wildman–Crippen MR) is 89.6 cm³/mol. The number of hydrogen-bond acceptors (Lipinski definition) is 6. The molecule has 4 rings (SSSR count). The molecule has 1 aromatic carbocycles. The number of aromatic nitrogens is 2. The van der Waals surface area contributed by atoms with E-state index in [1.54, 1.807) is 23.0 Å². The third-order valence-corrected chi connectivity index (χ3v) is 6.20. The molecule has 2 saturated heterocycles. The van der Waals surface area contributed by atoms with Gasteiger partial charge >= 0.3 is 143 Å². The molecule has 0 amide bonds. The molecule has 0 radical (unpaired) electrons. The van der Waals surface area contributed by atoms with Crippen molar-refractivity contribution in [1.29, 1.82) is 0 Å². The Balaban J connectivity index is 1.70. The van der Waals surface area contributed by atoms with Crippen LogP contribution in [-0.4, -0.2) is 52.0 Å². The van der Waals surface area contributed by atoms with E-state index >= 15 is 0 Å². The Morgan fingerprint density at radius 3 is 2.87 bits per heavy atom. The van der Waals surface area contributed by atoms with E-state index in [0.29, 0.717) is 21.1 Å². The SMILES string of the molecule is B[PH]1(O)OC[C@H]2O[C@@H](n3cnc4cc(Cl)c(Cl)cc43)C(O)[C@H]2O1. The van der Waals surface area contributed by atoms with Gasteiger partial charge in [-0.05, 0) is 0 Å². The molecule has 4 atom stereocenters. The maximum absolute atomic E-state index is 10.6. The molecule has 0 saturated carbocycles. The third kappa shape index (κ3) is 2.67. The molecule has 124 valence electrons. The van der Waals surface area contributed by atoms with Gasteiger partial charge in [-0.15, -0.1) is 0 Å². The first-order valence-electron chi connectivity index (χ1n) is 7.05. The van der Waals surface area contributed by atoms with Gasteiger partial charge in [0.25, 0.3) is 0 Å². The summed E-state index contributed by atoms with van der Waals surface area (Å²) in [4.78, 5) is 14.2. The van der Waals surface area contributed by atoms with Gasteiger partial charge in [0.05, 0.1) is 0 Å². The summed E-state index contributed by atoms with van der Waals surface area (Å²) in [6.07, 6.45) is -1.22. The van der Waals surface area contributed by atoms with Crippen LogP contribution in [0.1, 0.15) is 6.23 Å². The van der Waals surface area contributed by atoms with Crippen molar-refractivity contribution in [3.8, 4) is 0 Å². The molecule has 2 aliphatic rings. The minimum absolute atomic E-state index is 0.177. The van der Waals surface area contributed by atoms with Crippen LogP contribution in [0.15, 0.2) is 18.5 Å². The van der Waals surface area contributed by atoms with Gasteiger partial charge in [-0.1, -0.05) is 0 Å². The Hall–Kier alpha value is -0.435. The number of hydrogen-bond donors (Lipinski definition) is 2. The van der Waals surface area contributed by atoms with Crippen LogP contribution in [0, 0.1) is 0 Å². The zero-order valence-electron chi connectivity index (χ0n) is 12.0. The van der Waals surface area contributed by atoms with Crippen molar-refractivity contribution < 1.29 is 23.8 Å². The Kier molecular flexibility index (Phi) is 3.87. The molecule has 0 bridgehead atoms. The van der Waals surface area contributed by atoms with Crippen LogP contribution >= 0.6 is 31.0 Å². The van der Waals surface area contributed by atoms with Crippen molar-refractivity contribution >= 4 is 49.6 Å². The molecule has 2 N–H and O–H groups in total. The zero-order chi connectivity index (χ0) is 16.4. The summed E-state index contributed by atoms with van der Waals surface area (Å²) in [5.41, 5.74) is 1.33. The standard InChI is InChI=1S/C12H14BCl2N2O5P/c13-23(19)20-3-9-11(22-23)10(18)12(21-9)17-4-16-7-1-5(14)6(15)2-8(7)17/h1-2,4,9-12,18-19,23H,3,13H2/t9-,10?,11+,12-/m1/s1. The van der Waals surface area contributed by atoms with Crippen molar-refractivity contribution in [3.05, 3.63) is 28.5 Å². The fraction of sp³-hybridized carbons (Fsp3) is 0.417. The number of ether oxygens (including phenoxy) is 1. The van der Waals surface area contributed by atoms with E-state index in [9.17, 15) is 10.00 Å². The van der Waals surface area contributed by atoms with E-state index in [1.807, 2.05) is 0 Å². The van der Waals surface area contributed by atoms with Gasteiger partial charge in [0, 0.05) is 0 Å². The molecule has 3 heterocycles. The molecule has 2 aromatic rings. The van der Waals surface area contributed by atoms with E-state index in [0.717, 1.165) is 0 Å².